The molecule has 7 nitrogen and oxygen atoms in total. The van der Waals surface area contributed by atoms with E-state index in [1.807, 2.05) is 0 Å². The van der Waals surface area contributed by atoms with Gasteiger partial charge in [-0.2, -0.15) is 0 Å². The van der Waals surface area contributed by atoms with Gasteiger partial charge in [0.05, 0.1) is 12.5 Å². The first-order valence-electron chi connectivity index (χ1n) is 7.10. The molecule has 0 saturated heterocycles. The van der Waals surface area contributed by atoms with Crippen molar-refractivity contribution in [2.75, 3.05) is 6.61 Å². The lowest BCUT2D eigenvalue weighted by atomic mass is 9.57. The molecule has 1 N–H and O–H groups in total. The van der Waals surface area contributed by atoms with Crippen molar-refractivity contribution >= 4 is 11.9 Å². The fourth-order valence-corrected chi connectivity index (χ4v) is 3.51. The summed E-state index contributed by atoms with van der Waals surface area (Å²) in [4.78, 5) is 36.2. The minimum absolute atomic E-state index is 0.137. The lowest BCUT2D eigenvalue weighted by molar-refractivity contribution is -0.580. The first kappa shape index (κ1) is 15.5. The van der Waals surface area contributed by atoms with Crippen LogP contribution in [0.4, 0.5) is 0 Å². The van der Waals surface area contributed by atoms with Crippen LogP contribution in [-0.2, 0) is 14.3 Å². The van der Waals surface area contributed by atoms with Crippen LogP contribution in [0.2, 0.25) is 0 Å². The molecule has 1 heterocycles. The highest BCUT2D eigenvalue weighted by atomic mass is 16.6. The highest BCUT2D eigenvalue weighted by molar-refractivity contribution is 6.05. The number of nitrogens with one attached hydrogen (secondary N) is 1. The number of hydrogen-bond donors (Lipinski definition) is 1. The zero-order valence-corrected chi connectivity index (χ0v) is 12.5. The number of nitrogens with zero attached hydrogens (tertiary/aromatic N) is 1. The average molecular weight is 296 g/mol. The quantitative estimate of drug-likeness (QED) is 0.367. The predicted octanol–water partition coefficient (Wildman–Crippen LogP) is 1.41. The van der Waals surface area contributed by atoms with Gasteiger partial charge in [0.15, 0.2) is 5.41 Å². The molecule has 3 atom stereocenters. The maximum atomic E-state index is 12.5. The van der Waals surface area contributed by atoms with Gasteiger partial charge in [-0.25, -0.2) is 0 Å². The van der Waals surface area contributed by atoms with Crippen molar-refractivity contribution in [3.8, 4) is 0 Å². The van der Waals surface area contributed by atoms with Crippen LogP contribution < -0.4 is 5.32 Å². The van der Waals surface area contributed by atoms with E-state index in [0.29, 0.717) is 18.5 Å². The van der Waals surface area contributed by atoms with Crippen LogP contribution in [0.15, 0.2) is 11.8 Å². The number of allylic oxidation sites excluding steroid dienone is 1. The smallest absolute Gasteiger partial charge is 0.322 e. The molecular formula is C14H20N2O5. The summed E-state index contributed by atoms with van der Waals surface area (Å²) in [6.45, 7) is 4.97. The normalized spacial score (nSPS) is 35.3. The number of rotatable bonds is 3. The maximum absolute atomic E-state index is 12.5. The number of nitro groups is 1. The van der Waals surface area contributed by atoms with E-state index >= 15 is 0 Å². The number of amides is 1. The van der Waals surface area contributed by atoms with E-state index in [1.165, 1.54) is 6.92 Å². The Morgan fingerprint density at radius 1 is 1.57 bits per heavy atom. The molecule has 0 radical (unpaired) electrons. The summed E-state index contributed by atoms with van der Waals surface area (Å²) < 4.78 is 5.07. The van der Waals surface area contributed by atoms with Gasteiger partial charge in [0, 0.05) is 24.0 Å². The summed E-state index contributed by atoms with van der Waals surface area (Å²) in [5, 5.41) is 14.2. The van der Waals surface area contributed by atoms with Gasteiger partial charge in [0.2, 0.25) is 11.4 Å². The van der Waals surface area contributed by atoms with Crippen LogP contribution in [0.3, 0.4) is 0 Å². The third-order valence-electron chi connectivity index (χ3n) is 4.64. The van der Waals surface area contributed by atoms with Crippen LogP contribution in [0.25, 0.3) is 0 Å². The average Bonchev–Trinajstić information content (AvgIpc) is 2.40. The SMILES string of the molecule is CCOC(=O)[C@]12CCC[C@](C)([N+](=O)[O-])[C@H]1C=C(C)NC2=O. The second-order valence-electron chi connectivity index (χ2n) is 5.94. The van der Waals surface area contributed by atoms with Crippen LogP contribution in [0.5, 0.6) is 0 Å². The number of ether oxygens (including phenoxy) is 1. The standard InChI is InChI=1S/C14H20N2O5/c1-4-21-12(18)14-7-5-6-13(3,16(19)20)10(14)8-9(2)15-11(14)17/h8,10H,4-7H2,1-3H3,(H,15,17)/t10-,13+,14-/m1/s1. The van der Waals surface area contributed by atoms with Crippen molar-refractivity contribution in [1.29, 1.82) is 0 Å². The van der Waals surface area contributed by atoms with Gasteiger partial charge >= 0.3 is 5.97 Å². The molecule has 116 valence electrons. The Labute approximate surface area is 122 Å². The molecule has 1 aliphatic heterocycles. The van der Waals surface area contributed by atoms with E-state index in [0.717, 1.165) is 0 Å². The topological polar surface area (TPSA) is 98.5 Å². The van der Waals surface area contributed by atoms with Crippen molar-refractivity contribution in [2.24, 2.45) is 11.3 Å². The Morgan fingerprint density at radius 2 is 2.24 bits per heavy atom. The predicted molar refractivity (Wildman–Crippen MR) is 73.7 cm³/mol. The molecule has 0 aromatic heterocycles. The van der Waals surface area contributed by atoms with Crippen LogP contribution in [0, 0.1) is 21.4 Å². The molecule has 1 aliphatic carbocycles. The number of fused-ring (bicyclic) bond motifs is 1. The molecule has 1 fully saturated rings. The monoisotopic (exact) mass is 296 g/mol. The molecule has 21 heavy (non-hydrogen) atoms. The molecule has 0 unspecified atom stereocenters. The van der Waals surface area contributed by atoms with Gasteiger partial charge in [-0.15, -0.1) is 0 Å². The first-order chi connectivity index (χ1) is 9.79. The second-order valence-corrected chi connectivity index (χ2v) is 5.94. The van der Waals surface area contributed by atoms with Crippen LogP contribution in [-0.4, -0.2) is 28.9 Å². The zero-order chi connectivity index (χ0) is 15.8. The Morgan fingerprint density at radius 3 is 2.81 bits per heavy atom. The van der Waals surface area contributed by atoms with E-state index < -0.39 is 28.7 Å². The number of esters is 1. The van der Waals surface area contributed by atoms with E-state index in [-0.39, 0.29) is 18.0 Å². The molecule has 0 aromatic carbocycles. The molecule has 1 saturated carbocycles. The van der Waals surface area contributed by atoms with Crippen molar-refractivity contribution < 1.29 is 19.2 Å². The first-order valence-corrected chi connectivity index (χ1v) is 7.10. The minimum atomic E-state index is -1.49. The van der Waals surface area contributed by atoms with Gasteiger partial charge in [-0.1, -0.05) is 6.08 Å². The summed E-state index contributed by atoms with van der Waals surface area (Å²) in [6, 6.07) is 0. The van der Waals surface area contributed by atoms with Crippen LogP contribution in [0.1, 0.15) is 40.0 Å². The Hall–Kier alpha value is -1.92. The molecular weight excluding hydrogens is 276 g/mol. The highest BCUT2D eigenvalue weighted by Gasteiger charge is 2.66. The lowest BCUT2D eigenvalue weighted by Crippen LogP contribution is -2.64. The van der Waals surface area contributed by atoms with Crippen molar-refractivity contribution in [2.45, 2.75) is 45.6 Å². The highest BCUT2D eigenvalue weighted by Crippen LogP contribution is 2.51. The van der Waals surface area contributed by atoms with Crippen molar-refractivity contribution in [1.82, 2.24) is 5.32 Å². The largest absolute Gasteiger partial charge is 0.465 e. The molecule has 0 bridgehead atoms. The molecule has 2 aliphatic rings. The van der Waals surface area contributed by atoms with Gasteiger partial charge in [0.25, 0.3) is 0 Å². The van der Waals surface area contributed by atoms with E-state index in [2.05, 4.69) is 5.32 Å². The number of hydrogen-bond acceptors (Lipinski definition) is 5. The van der Waals surface area contributed by atoms with E-state index in [9.17, 15) is 19.7 Å². The van der Waals surface area contributed by atoms with E-state index in [1.54, 1.807) is 19.9 Å². The Balaban J connectivity index is 2.59. The summed E-state index contributed by atoms with van der Waals surface area (Å²) in [7, 11) is 0. The molecule has 2 rings (SSSR count). The van der Waals surface area contributed by atoms with Gasteiger partial charge in [-0.05, 0) is 26.7 Å². The lowest BCUT2D eigenvalue weighted by Gasteiger charge is -2.46. The van der Waals surface area contributed by atoms with Crippen molar-refractivity contribution in [3.05, 3.63) is 21.9 Å². The van der Waals surface area contributed by atoms with Gasteiger partial charge in [-0.3, -0.25) is 19.7 Å². The van der Waals surface area contributed by atoms with E-state index in [4.69, 9.17) is 4.74 Å². The fourth-order valence-electron chi connectivity index (χ4n) is 3.51. The Kier molecular flexibility index (Phi) is 3.78. The van der Waals surface area contributed by atoms with Crippen molar-refractivity contribution in [3.63, 3.8) is 0 Å². The third kappa shape index (κ3) is 2.11. The summed E-state index contributed by atoms with van der Waals surface area (Å²) in [6.07, 6.45) is 2.69. The number of carbonyl (C=O) groups is 2. The Bertz CT molecular complexity index is 529. The molecule has 7 heteroatoms. The fraction of sp³-hybridized carbons (Fsp3) is 0.714. The zero-order valence-electron chi connectivity index (χ0n) is 12.5. The number of carbonyl (C=O) groups excluding carboxylic acids is 2. The molecule has 0 aromatic rings. The molecule has 1 amide bonds. The minimum Gasteiger partial charge on any atom is -0.465 e. The van der Waals surface area contributed by atoms with Crippen LogP contribution >= 0.6 is 0 Å². The van der Waals surface area contributed by atoms with Gasteiger partial charge < -0.3 is 10.1 Å². The maximum Gasteiger partial charge on any atom is 0.322 e. The second kappa shape index (κ2) is 5.13. The third-order valence-corrected chi connectivity index (χ3v) is 4.64. The summed E-state index contributed by atoms with van der Waals surface area (Å²) in [5.74, 6) is -1.94. The summed E-state index contributed by atoms with van der Waals surface area (Å²) >= 11 is 0. The van der Waals surface area contributed by atoms with Gasteiger partial charge in [0.1, 0.15) is 0 Å². The summed E-state index contributed by atoms with van der Waals surface area (Å²) in [5.41, 5.74) is -2.29. The molecule has 0 spiro atoms.